The number of amides is 1. The van der Waals surface area contributed by atoms with E-state index in [2.05, 4.69) is 5.32 Å². The molecule has 0 aliphatic carbocycles. The average Bonchev–Trinajstić information content (AvgIpc) is 2.37. The molecule has 1 atom stereocenters. The van der Waals surface area contributed by atoms with Crippen molar-refractivity contribution in [2.24, 2.45) is 0 Å². The van der Waals surface area contributed by atoms with E-state index in [-0.39, 0.29) is 10.6 Å². The maximum Gasteiger partial charge on any atom is 0.331 e. The minimum atomic E-state index is -1.08. The molecule has 20 heavy (non-hydrogen) atoms. The molecule has 0 aliphatic rings. The van der Waals surface area contributed by atoms with Crippen LogP contribution in [0.2, 0.25) is 10.0 Å². The van der Waals surface area contributed by atoms with Gasteiger partial charge in [-0.05, 0) is 31.5 Å². The van der Waals surface area contributed by atoms with Crippen molar-refractivity contribution in [3.63, 3.8) is 0 Å². The fourth-order valence-electron chi connectivity index (χ4n) is 1.93. The number of nitrogens with one attached hydrogen (secondary N) is 1. The summed E-state index contributed by atoms with van der Waals surface area (Å²) in [6.07, 6.45) is 1.19. The van der Waals surface area contributed by atoms with E-state index in [0.29, 0.717) is 11.4 Å². The third kappa shape index (κ3) is 3.87. The molecule has 1 amide bonds. The first-order valence-corrected chi connectivity index (χ1v) is 6.95. The topological polar surface area (TPSA) is 55.4 Å². The molecule has 0 saturated carbocycles. The molecule has 1 unspecified atom stereocenters. The molecule has 0 heterocycles. The second-order valence-electron chi connectivity index (χ2n) is 4.65. The van der Waals surface area contributed by atoms with Crippen LogP contribution in [0.25, 0.3) is 0 Å². The van der Waals surface area contributed by atoms with Gasteiger partial charge in [-0.15, -0.1) is 0 Å². The summed E-state index contributed by atoms with van der Waals surface area (Å²) in [5, 5.41) is 3.36. The van der Waals surface area contributed by atoms with E-state index >= 15 is 0 Å². The summed E-state index contributed by atoms with van der Waals surface area (Å²) in [5.41, 5.74) is -0.814. The molecule has 6 heteroatoms. The molecule has 0 aromatic heterocycles. The molecule has 0 radical (unpaired) electrons. The number of carbonyl (C=O) groups excluding carboxylic acids is 2. The predicted molar refractivity (Wildman–Crippen MR) is 79.3 cm³/mol. The zero-order valence-corrected chi connectivity index (χ0v) is 13.1. The van der Waals surface area contributed by atoms with Crippen LogP contribution in [0.4, 0.5) is 0 Å². The van der Waals surface area contributed by atoms with Crippen LogP contribution >= 0.6 is 23.2 Å². The Hall–Kier alpha value is -1.26. The lowest BCUT2D eigenvalue weighted by Crippen LogP contribution is -2.52. The number of carbonyl (C=O) groups is 2. The molecule has 1 N–H and O–H groups in total. The third-order valence-electron chi connectivity index (χ3n) is 2.95. The van der Waals surface area contributed by atoms with Gasteiger partial charge in [-0.1, -0.05) is 36.5 Å². The van der Waals surface area contributed by atoms with Crippen LogP contribution in [0.15, 0.2) is 18.2 Å². The van der Waals surface area contributed by atoms with Gasteiger partial charge < -0.3 is 10.1 Å². The molecule has 4 nitrogen and oxygen atoms in total. The van der Waals surface area contributed by atoms with Gasteiger partial charge in [0.1, 0.15) is 5.54 Å². The van der Waals surface area contributed by atoms with Gasteiger partial charge in [0.2, 0.25) is 0 Å². The van der Waals surface area contributed by atoms with Crippen molar-refractivity contribution in [3.8, 4) is 0 Å². The van der Waals surface area contributed by atoms with Gasteiger partial charge in [-0.2, -0.15) is 0 Å². The molecule has 0 fully saturated rings. The van der Waals surface area contributed by atoms with E-state index in [9.17, 15) is 9.59 Å². The maximum absolute atomic E-state index is 12.2. The molecule has 0 saturated heterocycles. The standard InChI is InChI=1S/C14H17Cl2NO3/c1-4-7-14(2,13(19)20-3)17-12(18)10-6-5-9(15)8-11(10)16/h5-6,8H,4,7H2,1-3H3,(H,17,18). The van der Waals surface area contributed by atoms with E-state index in [1.807, 2.05) is 6.92 Å². The summed E-state index contributed by atoms with van der Waals surface area (Å²) in [7, 11) is 1.29. The highest BCUT2D eigenvalue weighted by Gasteiger charge is 2.35. The first kappa shape index (κ1) is 16.8. The highest BCUT2D eigenvalue weighted by molar-refractivity contribution is 6.36. The molecule has 0 bridgehead atoms. The highest BCUT2D eigenvalue weighted by Crippen LogP contribution is 2.22. The minimum absolute atomic E-state index is 0.235. The van der Waals surface area contributed by atoms with Crippen molar-refractivity contribution in [2.45, 2.75) is 32.2 Å². The Morgan fingerprint density at radius 2 is 2.00 bits per heavy atom. The largest absolute Gasteiger partial charge is 0.467 e. The van der Waals surface area contributed by atoms with Gasteiger partial charge in [0.25, 0.3) is 5.91 Å². The number of methoxy groups -OCH3 is 1. The molecule has 1 rings (SSSR count). The van der Waals surface area contributed by atoms with Crippen LogP contribution < -0.4 is 5.32 Å². The van der Waals surface area contributed by atoms with Crippen molar-refractivity contribution in [1.29, 1.82) is 0 Å². The quantitative estimate of drug-likeness (QED) is 0.846. The molecule has 0 aliphatic heterocycles. The van der Waals surface area contributed by atoms with E-state index in [4.69, 9.17) is 27.9 Å². The van der Waals surface area contributed by atoms with Crippen LogP contribution in [0.3, 0.4) is 0 Å². The molecule has 1 aromatic carbocycles. The second kappa shape index (κ2) is 6.95. The summed E-state index contributed by atoms with van der Waals surface area (Å²) in [6.45, 7) is 3.55. The first-order valence-electron chi connectivity index (χ1n) is 6.20. The van der Waals surface area contributed by atoms with Gasteiger partial charge in [0, 0.05) is 5.02 Å². The van der Waals surface area contributed by atoms with Crippen molar-refractivity contribution >= 4 is 35.1 Å². The molecular weight excluding hydrogens is 301 g/mol. The predicted octanol–water partition coefficient (Wildman–Crippen LogP) is 3.46. The Labute approximate surface area is 128 Å². The lowest BCUT2D eigenvalue weighted by molar-refractivity contribution is -0.147. The zero-order valence-electron chi connectivity index (χ0n) is 11.6. The monoisotopic (exact) mass is 317 g/mol. The summed E-state index contributed by atoms with van der Waals surface area (Å²) in [5.74, 6) is -0.925. The maximum atomic E-state index is 12.2. The summed E-state index contributed by atoms with van der Waals surface area (Å²) >= 11 is 11.8. The molecular formula is C14H17Cl2NO3. The second-order valence-corrected chi connectivity index (χ2v) is 5.50. The smallest absolute Gasteiger partial charge is 0.331 e. The number of halogens is 2. The molecule has 110 valence electrons. The van der Waals surface area contributed by atoms with Gasteiger partial charge >= 0.3 is 5.97 Å². The number of esters is 1. The van der Waals surface area contributed by atoms with Gasteiger partial charge in [-0.3, -0.25) is 4.79 Å². The third-order valence-corrected chi connectivity index (χ3v) is 3.50. The average molecular weight is 318 g/mol. The Balaban J connectivity index is 2.99. The fraction of sp³-hybridized carbons (Fsp3) is 0.429. The zero-order chi connectivity index (χ0) is 15.3. The van der Waals surface area contributed by atoms with Crippen LogP contribution in [-0.2, 0) is 9.53 Å². The number of rotatable bonds is 5. The Kier molecular flexibility index (Phi) is 5.84. The van der Waals surface area contributed by atoms with Gasteiger partial charge in [0.15, 0.2) is 0 Å². The molecule has 0 spiro atoms. The summed E-state index contributed by atoms with van der Waals surface area (Å²) in [4.78, 5) is 24.1. The van der Waals surface area contributed by atoms with E-state index in [1.54, 1.807) is 13.0 Å². The normalized spacial score (nSPS) is 13.4. The first-order chi connectivity index (χ1) is 9.34. The van der Waals surface area contributed by atoms with Crippen LogP contribution in [0, 0.1) is 0 Å². The summed E-state index contributed by atoms with van der Waals surface area (Å²) in [6, 6.07) is 4.56. The van der Waals surface area contributed by atoms with Crippen LogP contribution in [-0.4, -0.2) is 24.5 Å². The fourth-order valence-corrected chi connectivity index (χ4v) is 2.43. The van der Waals surface area contributed by atoms with Crippen LogP contribution in [0.5, 0.6) is 0 Å². The van der Waals surface area contributed by atoms with Gasteiger partial charge in [-0.25, -0.2) is 4.79 Å². The minimum Gasteiger partial charge on any atom is -0.467 e. The number of hydrogen-bond donors (Lipinski definition) is 1. The van der Waals surface area contributed by atoms with E-state index in [0.717, 1.165) is 6.42 Å². The number of ether oxygens (including phenoxy) is 1. The van der Waals surface area contributed by atoms with Crippen molar-refractivity contribution in [3.05, 3.63) is 33.8 Å². The Bertz CT molecular complexity index is 519. The summed E-state index contributed by atoms with van der Waals surface area (Å²) < 4.78 is 4.75. The van der Waals surface area contributed by atoms with Crippen molar-refractivity contribution in [2.75, 3.05) is 7.11 Å². The van der Waals surface area contributed by atoms with Crippen molar-refractivity contribution in [1.82, 2.24) is 5.32 Å². The molecule has 1 aromatic rings. The Morgan fingerprint density at radius 3 is 2.50 bits per heavy atom. The Morgan fingerprint density at radius 1 is 1.35 bits per heavy atom. The SMILES string of the molecule is CCCC(C)(NC(=O)c1ccc(Cl)cc1Cl)C(=O)OC. The number of benzene rings is 1. The number of hydrogen-bond acceptors (Lipinski definition) is 3. The lowest BCUT2D eigenvalue weighted by Gasteiger charge is -2.27. The van der Waals surface area contributed by atoms with Crippen molar-refractivity contribution < 1.29 is 14.3 Å². The van der Waals surface area contributed by atoms with E-state index in [1.165, 1.54) is 19.2 Å². The lowest BCUT2D eigenvalue weighted by atomic mass is 9.95. The highest BCUT2D eigenvalue weighted by atomic mass is 35.5. The van der Waals surface area contributed by atoms with Crippen LogP contribution in [0.1, 0.15) is 37.0 Å². The van der Waals surface area contributed by atoms with Gasteiger partial charge in [0.05, 0.1) is 17.7 Å². The van der Waals surface area contributed by atoms with E-state index < -0.39 is 17.4 Å².